The van der Waals surface area contributed by atoms with Crippen LogP contribution >= 0.6 is 0 Å². The molecule has 25 heavy (non-hydrogen) atoms. The first-order valence-corrected chi connectivity index (χ1v) is 9.02. The predicted molar refractivity (Wildman–Crippen MR) is 105 cm³/mol. The molecule has 1 aromatic heterocycles. The van der Waals surface area contributed by atoms with Crippen LogP contribution in [0.2, 0.25) is 0 Å². The monoisotopic (exact) mass is 339 g/mol. The highest BCUT2D eigenvalue weighted by molar-refractivity contribution is 6.04. The lowest BCUT2D eigenvalue weighted by molar-refractivity contribution is 0.102. The molecule has 2 N–H and O–H groups in total. The number of hydrogen-bond donors (Lipinski definition) is 2. The van der Waals surface area contributed by atoms with Gasteiger partial charge in [-0.25, -0.2) is 4.98 Å². The first kappa shape index (κ1) is 19.0. The molecule has 0 atom stereocenters. The van der Waals surface area contributed by atoms with Crippen molar-refractivity contribution in [3.05, 3.63) is 53.7 Å². The van der Waals surface area contributed by atoms with E-state index >= 15 is 0 Å². The molecule has 2 aromatic rings. The van der Waals surface area contributed by atoms with E-state index in [1.807, 2.05) is 30.3 Å². The number of rotatable bonds is 7. The Labute approximate surface area is 151 Å². The molecule has 2 rings (SSSR count). The molecule has 134 valence electrons. The van der Waals surface area contributed by atoms with Crippen molar-refractivity contribution in [2.45, 2.75) is 52.4 Å². The molecule has 0 aliphatic rings. The lowest BCUT2D eigenvalue weighted by Gasteiger charge is -2.23. The van der Waals surface area contributed by atoms with E-state index in [9.17, 15) is 4.79 Å². The Morgan fingerprint density at radius 3 is 2.48 bits per heavy atom. The molecule has 1 heterocycles. The highest BCUT2D eigenvalue weighted by Gasteiger charge is 2.19. The number of benzene rings is 1. The Kier molecular flexibility index (Phi) is 6.57. The lowest BCUT2D eigenvalue weighted by Crippen LogP contribution is -2.18. The summed E-state index contributed by atoms with van der Waals surface area (Å²) >= 11 is 0. The first-order chi connectivity index (χ1) is 11.9. The summed E-state index contributed by atoms with van der Waals surface area (Å²) in [5.41, 5.74) is 2.49. The molecule has 0 radical (unpaired) electrons. The normalized spacial score (nSPS) is 11.2. The molecule has 1 aromatic carbocycles. The van der Waals surface area contributed by atoms with E-state index in [4.69, 9.17) is 0 Å². The number of aromatic nitrogens is 1. The molecule has 0 aliphatic heterocycles. The molecule has 0 unspecified atom stereocenters. The van der Waals surface area contributed by atoms with Crippen LogP contribution in [-0.2, 0) is 5.41 Å². The van der Waals surface area contributed by atoms with Crippen LogP contribution in [0.4, 0.5) is 11.5 Å². The van der Waals surface area contributed by atoms with E-state index in [0.29, 0.717) is 5.56 Å². The molecule has 0 spiro atoms. The van der Waals surface area contributed by atoms with E-state index in [-0.39, 0.29) is 11.3 Å². The third-order valence-electron chi connectivity index (χ3n) is 4.10. The van der Waals surface area contributed by atoms with Crippen LogP contribution < -0.4 is 10.6 Å². The maximum absolute atomic E-state index is 12.5. The van der Waals surface area contributed by atoms with Crippen LogP contribution in [-0.4, -0.2) is 17.4 Å². The molecule has 0 saturated carbocycles. The molecule has 0 aliphatic carbocycles. The van der Waals surface area contributed by atoms with E-state index in [1.165, 1.54) is 12.8 Å². The van der Waals surface area contributed by atoms with Gasteiger partial charge < -0.3 is 10.6 Å². The fraction of sp³-hybridized carbons (Fsp3) is 0.429. The van der Waals surface area contributed by atoms with Gasteiger partial charge in [-0.15, -0.1) is 0 Å². The Hall–Kier alpha value is -2.36. The number of hydrogen-bond acceptors (Lipinski definition) is 3. The fourth-order valence-corrected chi connectivity index (χ4v) is 2.66. The van der Waals surface area contributed by atoms with Gasteiger partial charge in [-0.05, 0) is 35.6 Å². The second kappa shape index (κ2) is 8.65. The first-order valence-electron chi connectivity index (χ1n) is 9.02. The maximum Gasteiger partial charge on any atom is 0.257 e. The predicted octanol–water partition coefficient (Wildman–Crippen LogP) is 5.23. The summed E-state index contributed by atoms with van der Waals surface area (Å²) in [6.45, 7) is 9.50. The van der Waals surface area contributed by atoms with Crippen molar-refractivity contribution < 1.29 is 4.79 Å². The van der Waals surface area contributed by atoms with E-state index < -0.39 is 0 Å². The SMILES string of the molecule is CCCCCNc1ccc(C(=O)Nc2ccccc2C(C)(C)C)cn1. The average molecular weight is 339 g/mol. The van der Waals surface area contributed by atoms with Gasteiger partial charge in [0.2, 0.25) is 0 Å². The zero-order valence-corrected chi connectivity index (χ0v) is 15.7. The van der Waals surface area contributed by atoms with Crippen molar-refractivity contribution in [2.24, 2.45) is 0 Å². The van der Waals surface area contributed by atoms with Crippen LogP contribution in [0, 0.1) is 0 Å². The van der Waals surface area contributed by atoms with E-state index in [2.05, 4.69) is 49.4 Å². The molecular formula is C21H29N3O. The van der Waals surface area contributed by atoms with Gasteiger partial charge in [0.05, 0.1) is 5.56 Å². The Morgan fingerprint density at radius 1 is 1.08 bits per heavy atom. The molecule has 4 nitrogen and oxygen atoms in total. The summed E-state index contributed by atoms with van der Waals surface area (Å²) in [5.74, 6) is 0.671. The van der Waals surface area contributed by atoms with Gasteiger partial charge in [0, 0.05) is 18.4 Å². The van der Waals surface area contributed by atoms with Crippen LogP contribution in [0.1, 0.15) is 62.9 Å². The van der Waals surface area contributed by atoms with Gasteiger partial charge >= 0.3 is 0 Å². The molecule has 4 heteroatoms. The summed E-state index contributed by atoms with van der Waals surface area (Å²) in [7, 11) is 0. The number of para-hydroxylation sites is 1. The second-order valence-electron chi connectivity index (χ2n) is 7.32. The summed E-state index contributed by atoms with van der Waals surface area (Å²) in [6, 6.07) is 11.6. The van der Waals surface area contributed by atoms with Gasteiger partial charge in [-0.2, -0.15) is 0 Å². The second-order valence-corrected chi connectivity index (χ2v) is 7.32. The van der Waals surface area contributed by atoms with Crippen molar-refractivity contribution >= 4 is 17.4 Å². The summed E-state index contributed by atoms with van der Waals surface area (Å²) in [5, 5.41) is 6.29. The molecule has 0 fully saturated rings. The topological polar surface area (TPSA) is 54.0 Å². The standard InChI is InChI=1S/C21H29N3O/c1-5-6-9-14-22-19-13-12-16(15-23-19)20(25)24-18-11-8-7-10-17(18)21(2,3)4/h7-8,10-13,15H,5-6,9,14H2,1-4H3,(H,22,23)(H,24,25). The summed E-state index contributed by atoms with van der Waals surface area (Å²) < 4.78 is 0. The number of nitrogens with zero attached hydrogens (tertiary/aromatic N) is 1. The number of carbonyl (C=O) groups is 1. The van der Waals surface area contributed by atoms with Crippen molar-refractivity contribution in [3.8, 4) is 0 Å². The Balaban J connectivity index is 2.02. The van der Waals surface area contributed by atoms with Crippen molar-refractivity contribution in [1.82, 2.24) is 4.98 Å². The van der Waals surface area contributed by atoms with Crippen LogP contribution in [0.25, 0.3) is 0 Å². The number of nitrogens with one attached hydrogen (secondary N) is 2. The zero-order valence-electron chi connectivity index (χ0n) is 15.7. The van der Waals surface area contributed by atoms with Gasteiger partial charge in [-0.3, -0.25) is 4.79 Å². The smallest absolute Gasteiger partial charge is 0.257 e. The molecule has 0 saturated heterocycles. The zero-order chi connectivity index (χ0) is 18.3. The van der Waals surface area contributed by atoms with Crippen LogP contribution in [0.5, 0.6) is 0 Å². The van der Waals surface area contributed by atoms with Gasteiger partial charge in [-0.1, -0.05) is 58.7 Å². The van der Waals surface area contributed by atoms with Crippen LogP contribution in [0.15, 0.2) is 42.6 Å². The number of anilines is 2. The molecule has 1 amide bonds. The Morgan fingerprint density at radius 2 is 1.84 bits per heavy atom. The van der Waals surface area contributed by atoms with Crippen molar-refractivity contribution in [1.29, 1.82) is 0 Å². The highest BCUT2D eigenvalue weighted by atomic mass is 16.1. The highest BCUT2D eigenvalue weighted by Crippen LogP contribution is 2.29. The summed E-state index contributed by atoms with van der Waals surface area (Å²) in [4.78, 5) is 16.9. The van der Waals surface area contributed by atoms with Gasteiger partial charge in [0.1, 0.15) is 5.82 Å². The minimum atomic E-state index is -0.137. The number of amides is 1. The minimum Gasteiger partial charge on any atom is -0.370 e. The van der Waals surface area contributed by atoms with Gasteiger partial charge in [0.15, 0.2) is 0 Å². The average Bonchev–Trinajstić information content (AvgIpc) is 2.59. The van der Waals surface area contributed by atoms with Gasteiger partial charge in [0.25, 0.3) is 5.91 Å². The van der Waals surface area contributed by atoms with Crippen molar-refractivity contribution in [2.75, 3.05) is 17.2 Å². The van der Waals surface area contributed by atoms with E-state index in [1.54, 1.807) is 6.20 Å². The number of pyridine rings is 1. The lowest BCUT2D eigenvalue weighted by atomic mass is 9.86. The summed E-state index contributed by atoms with van der Waals surface area (Å²) in [6.07, 6.45) is 5.16. The maximum atomic E-state index is 12.5. The number of carbonyl (C=O) groups excluding carboxylic acids is 1. The largest absolute Gasteiger partial charge is 0.370 e. The van der Waals surface area contributed by atoms with Crippen LogP contribution in [0.3, 0.4) is 0 Å². The minimum absolute atomic E-state index is 0.0333. The number of unbranched alkanes of at least 4 members (excludes halogenated alkanes) is 2. The molecular weight excluding hydrogens is 310 g/mol. The fourth-order valence-electron chi connectivity index (χ4n) is 2.66. The van der Waals surface area contributed by atoms with Crippen molar-refractivity contribution in [3.63, 3.8) is 0 Å². The Bertz CT molecular complexity index is 687. The third-order valence-corrected chi connectivity index (χ3v) is 4.10. The van der Waals surface area contributed by atoms with E-state index in [0.717, 1.165) is 30.0 Å². The third kappa shape index (κ3) is 5.59. The quantitative estimate of drug-likeness (QED) is 0.679. The molecule has 0 bridgehead atoms.